The van der Waals surface area contributed by atoms with Gasteiger partial charge in [-0.25, -0.2) is 0 Å². The third-order valence-corrected chi connectivity index (χ3v) is 6.61. The number of ether oxygens (including phenoxy) is 5. The molecule has 0 aliphatic carbocycles. The number of rotatable bonds is 13. The first kappa shape index (κ1) is 30.6. The van der Waals surface area contributed by atoms with E-state index in [1.54, 1.807) is 0 Å². The highest BCUT2D eigenvalue weighted by molar-refractivity contribution is 5.87. The highest BCUT2D eigenvalue weighted by Gasteiger charge is 2.48. The molecular formula is C32H34F3NO5. The highest BCUT2D eigenvalue weighted by atomic mass is 19.4. The van der Waals surface area contributed by atoms with Crippen LogP contribution in [0.15, 0.2) is 103 Å². The van der Waals surface area contributed by atoms with Crippen molar-refractivity contribution in [3.63, 3.8) is 0 Å². The minimum atomic E-state index is -4.70. The van der Waals surface area contributed by atoms with Crippen LogP contribution in [0, 0.1) is 5.41 Å². The fourth-order valence-electron chi connectivity index (χ4n) is 4.47. The third-order valence-electron chi connectivity index (χ3n) is 6.61. The summed E-state index contributed by atoms with van der Waals surface area (Å²) in [6.45, 7) is 0.716. The Morgan fingerprint density at radius 2 is 1.17 bits per heavy atom. The van der Waals surface area contributed by atoms with E-state index in [1.165, 1.54) is 19.3 Å². The molecule has 3 aromatic rings. The highest BCUT2D eigenvalue weighted by Crippen LogP contribution is 2.32. The zero-order chi connectivity index (χ0) is 29.1. The average molecular weight is 570 g/mol. The lowest BCUT2D eigenvalue weighted by Crippen LogP contribution is -2.60. The molecular weight excluding hydrogens is 535 g/mol. The van der Waals surface area contributed by atoms with Crippen LogP contribution in [0.4, 0.5) is 13.2 Å². The normalized spacial score (nSPS) is 23.1. The van der Waals surface area contributed by atoms with Crippen LogP contribution in [0.2, 0.25) is 0 Å². The van der Waals surface area contributed by atoms with Gasteiger partial charge in [0.1, 0.15) is 30.1 Å². The van der Waals surface area contributed by atoms with Crippen LogP contribution >= 0.6 is 0 Å². The second-order valence-electron chi connectivity index (χ2n) is 9.60. The van der Waals surface area contributed by atoms with Crippen LogP contribution < -0.4 is 0 Å². The van der Waals surface area contributed by atoms with Crippen LogP contribution in [0.5, 0.6) is 0 Å². The molecule has 1 aliphatic heterocycles. The smallest absolute Gasteiger partial charge is 0.368 e. The molecule has 1 saturated heterocycles. The van der Waals surface area contributed by atoms with E-state index in [2.05, 4.69) is 0 Å². The standard InChI is InChI=1S/C32H34F3NO5/c1-37-31-30(40-22-25-16-9-4-10-17-25)29(39-21-24-14-7-3-8-15-24)28(38-20-23-12-5-2-6-13-23)26(41-31)18-11-19-27(36)32(33,34)35/h2-18,26,28-31,36H,19-22H2,1H3/b18-11+,36-27?/t26-,28-,29+,30+,31+/m1/s1. The summed E-state index contributed by atoms with van der Waals surface area (Å²) in [4.78, 5) is 0. The van der Waals surface area contributed by atoms with E-state index in [9.17, 15) is 13.2 Å². The zero-order valence-corrected chi connectivity index (χ0v) is 22.7. The van der Waals surface area contributed by atoms with Gasteiger partial charge in [0.05, 0.1) is 19.8 Å². The molecule has 0 spiro atoms. The van der Waals surface area contributed by atoms with Gasteiger partial charge in [0.25, 0.3) is 0 Å². The lowest BCUT2D eigenvalue weighted by atomic mass is 9.96. The summed E-state index contributed by atoms with van der Waals surface area (Å²) in [6.07, 6.45) is -6.47. The molecule has 1 N–H and O–H groups in total. The number of allylic oxidation sites excluding steroid dienone is 1. The quantitative estimate of drug-likeness (QED) is 0.185. The van der Waals surface area contributed by atoms with Gasteiger partial charge >= 0.3 is 6.18 Å². The fraction of sp³-hybridized carbons (Fsp3) is 0.344. The van der Waals surface area contributed by atoms with Crippen LogP contribution in [0.3, 0.4) is 0 Å². The molecule has 0 aromatic heterocycles. The number of methoxy groups -OCH3 is 1. The van der Waals surface area contributed by atoms with E-state index in [-0.39, 0.29) is 19.8 Å². The van der Waals surface area contributed by atoms with Gasteiger partial charge in [-0.1, -0.05) is 103 Å². The molecule has 3 aromatic carbocycles. The molecule has 218 valence electrons. The van der Waals surface area contributed by atoms with Crippen molar-refractivity contribution in [2.45, 2.75) is 63.1 Å². The Kier molecular flexibility index (Phi) is 11.2. The first-order chi connectivity index (χ1) is 19.8. The van der Waals surface area contributed by atoms with Gasteiger partial charge in [-0.2, -0.15) is 13.2 Å². The van der Waals surface area contributed by atoms with Crippen LogP contribution in [-0.2, 0) is 43.5 Å². The van der Waals surface area contributed by atoms with Gasteiger partial charge in [0, 0.05) is 13.5 Å². The first-order valence-electron chi connectivity index (χ1n) is 13.3. The van der Waals surface area contributed by atoms with Gasteiger partial charge < -0.3 is 29.1 Å². The number of hydrogen-bond acceptors (Lipinski definition) is 6. The summed E-state index contributed by atoms with van der Waals surface area (Å²) < 4.78 is 69.8. The van der Waals surface area contributed by atoms with E-state index < -0.39 is 49.0 Å². The predicted molar refractivity (Wildman–Crippen MR) is 148 cm³/mol. The summed E-state index contributed by atoms with van der Waals surface area (Å²) in [5, 5.41) is 7.33. The molecule has 0 unspecified atom stereocenters. The second-order valence-corrected chi connectivity index (χ2v) is 9.60. The fourth-order valence-corrected chi connectivity index (χ4v) is 4.47. The van der Waals surface area contributed by atoms with Gasteiger partial charge in [0.2, 0.25) is 0 Å². The van der Waals surface area contributed by atoms with Gasteiger partial charge in [-0.15, -0.1) is 0 Å². The second kappa shape index (κ2) is 15.0. The first-order valence-corrected chi connectivity index (χ1v) is 13.3. The Morgan fingerprint density at radius 3 is 1.61 bits per heavy atom. The average Bonchev–Trinajstić information content (AvgIpc) is 2.99. The largest absolute Gasteiger partial charge is 0.429 e. The Morgan fingerprint density at radius 1 is 0.732 bits per heavy atom. The van der Waals surface area contributed by atoms with E-state index in [4.69, 9.17) is 29.1 Å². The number of alkyl halides is 3. The Balaban J connectivity index is 1.62. The summed E-state index contributed by atoms with van der Waals surface area (Å²) in [6, 6.07) is 28.8. The lowest BCUT2D eigenvalue weighted by Gasteiger charge is -2.45. The number of hydrogen-bond donors (Lipinski definition) is 1. The maximum Gasteiger partial charge on any atom is 0.429 e. The summed E-state index contributed by atoms with van der Waals surface area (Å²) >= 11 is 0. The molecule has 0 bridgehead atoms. The van der Waals surface area contributed by atoms with Crippen molar-refractivity contribution in [3.05, 3.63) is 120 Å². The van der Waals surface area contributed by atoms with Crippen molar-refractivity contribution in [2.24, 2.45) is 0 Å². The van der Waals surface area contributed by atoms with Crippen molar-refractivity contribution >= 4 is 5.71 Å². The third kappa shape index (κ3) is 9.08. The topological polar surface area (TPSA) is 70.0 Å². The zero-order valence-electron chi connectivity index (χ0n) is 22.7. The number of nitrogens with one attached hydrogen (secondary N) is 1. The van der Waals surface area contributed by atoms with E-state index in [0.717, 1.165) is 16.7 Å². The van der Waals surface area contributed by atoms with Crippen molar-refractivity contribution < 1.29 is 36.9 Å². The summed E-state index contributed by atoms with van der Waals surface area (Å²) in [7, 11) is 1.48. The van der Waals surface area contributed by atoms with Crippen molar-refractivity contribution in [1.29, 1.82) is 5.41 Å². The maximum absolute atomic E-state index is 12.9. The number of benzene rings is 3. The molecule has 41 heavy (non-hydrogen) atoms. The predicted octanol–water partition coefficient (Wildman–Crippen LogP) is 6.64. The van der Waals surface area contributed by atoms with E-state index in [1.807, 2.05) is 91.0 Å². The van der Waals surface area contributed by atoms with Gasteiger partial charge in [-0.3, -0.25) is 0 Å². The van der Waals surface area contributed by atoms with Crippen molar-refractivity contribution in [3.8, 4) is 0 Å². The monoisotopic (exact) mass is 569 g/mol. The Hall–Kier alpha value is -3.34. The molecule has 4 rings (SSSR count). The van der Waals surface area contributed by atoms with E-state index in [0.29, 0.717) is 0 Å². The van der Waals surface area contributed by atoms with Crippen molar-refractivity contribution in [2.75, 3.05) is 7.11 Å². The van der Waals surface area contributed by atoms with E-state index >= 15 is 0 Å². The molecule has 1 fully saturated rings. The Bertz CT molecular complexity index is 1220. The summed E-state index contributed by atoms with van der Waals surface area (Å²) in [5.41, 5.74) is 1.43. The lowest BCUT2D eigenvalue weighted by molar-refractivity contribution is -0.309. The molecule has 0 radical (unpaired) electrons. The molecule has 0 amide bonds. The molecule has 9 heteroatoms. The summed E-state index contributed by atoms with van der Waals surface area (Å²) in [5.74, 6) is 0. The molecule has 5 atom stereocenters. The Labute approximate surface area is 238 Å². The number of halogens is 3. The van der Waals surface area contributed by atoms with Gasteiger partial charge in [-0.05, 0) is 16.7 Å². The van der Waals surface area contributed by atoms with Crippen LogP contribution in [0.1, 0.15) is 23.1 Å². The van der Waals surface area contributed by atoms with Crippen LogP contribution in [0.25, 0.3) is 0 Å². The van der Waals surface area contributed by atoms with Crippen molar-refractivity contribution in [1.82, 2.24) is 0 Å². The molecule has 6 nitrogen and oxygen atoms in total. The van der Waals surface area contributed by atoms with Gasteiger partial charge in [0.15, 0.2) is 6.29 Å². The maximum atomic E-state index is 12.9. The minimum Gasteiger partial charge on any atom is -0.368 e. The molecule has 1 aliphatic rings. The SMILES string of the molecule is CO[C@H]1O[C@H](/C=C/CC(=N)C(F)(F)F)[C@@H](OCc2ccccc2)[C@H](OCc2ccccc2)[C@@H]1OCc1ccccc1. The molecule has 1 heterocycles. The minimum absolute atomic E-state index is 0.214. The molecule has 0 saturated carbocycles. The van der Waals surface area contributed by atoms with Crippen LogP contribution in [-0.4, -0.2) is 49.7 Å².